The molecule has 1 heterocycles. The van der Waals surface area contributed by atoms with Crippen LogP contribution >= 0.6 is 0 Å². The van der Waals surface area contributed by atoms with Crippen molar-refractivity contribution in [2.75, 3.05) is 4.90 Å². The molecule has 0 spiro atoms. The van der Waals surface area contributed by atoms with Gasteiger partial charge in [-0.1, -0.05) is 29.8 Å². The van der Waals surface area contributed by atoms with Crippen molar-refractivity contribution >= 4 is 41.6 Å². The molecule has 2 amide bonds. The first kappa shape index (κ1) is 25.2. The third-order valence-corrected chi connectivity index (χ3v) is 8.29. The summed E-state index contributed by atoms with van der Waals surface area (Å²) in [7, 11) is -1.78. The van der Waals surface area contributed by atoms with Crippen molar-refractivity contribution in [2.24, 2.45) is 17.8 Å². The highest BCUT2D eigenvalue weighted by atomic mass is 19.1. The number of halogens is 1. The summed E-state index contributed by atoms with van der Waals surface area (Å²) in [5, 5.41) is 28.9. The van der Waals surface area contributed by atoms with E-state index in [4.69, 9.17) is 0 Å². The highest BCUT2D eigenvalue weighted by Crippen LogP contribution is 2.55. The number of carbonyl (C=O) groups excluding carboxylic acids is 4. The summed E-state index contributed by atoms with van der Waals surface area (Å²) in [6.07, 6.45) is 3.37. The van der Waals surface area contributed by atoms with Gasteiger partial charge in [0.05, 0.1) is 17.5 Å². The van der Waals surface area contributed by atoms with Crippen molar-refractivity contribution in [2.45, 2.75) is 25.7 Å². The predicted octanol–water partition coefficient (Wildman–Crippen LogP) is 1.85. The summed E-state index contributed by atoms with van der Waals surface area (Å²) in [5.74, 6) is -5.98. The number of allylic oxidation sites excluding steroid dienone is 6. The SMILES string of the molecule is CC1=CC(=O)C2=C(C[C@@H]3C(=CC[C@@H]4C(=O)N(c5cccc(B(O)O)c5)C(=O)[C@@H]43)[C@@H]2c2ccc(O)c(F)c2)C1=O. The molecule has 2 aromatic carbocycles. The largest absolute Gasteiger partial charge is 0.505 e. The molecule has 3 N–H and O–H groups in total. The molecule has 0 unspecified atom stereocenters. The number of hydrogen-bond donors (Lipinski definition) is 3. The van der Waals surface area contributed by atoms with Crippen molar-refractivity contribution < 1.29 is 38.7 Å². The fourth-order valence-electron chi connectivity index (χ4n) is 6.54. The first-order valence-corrected chi connectivity index (χ1v) is 12.6. The molecule has 1 saturated heterocycles. The maximum absolute atomic E-state index is 14.5. The Morgan fingerprint density at radius 2 is 1.77 bits per heavy atom. The number of imide groups is 1. The van der Waals surface area contributed by atoms with Gasteiger partial charge in [-0.2, -0.15) is 0 Å². The van der Waals surface area contributed by atoms with Gasteiger partial charge in [-0.25, -0.2) is 4.39 Å². The molecule has 0 bridgehead atoms. The lowest BCUT2D eigenvalue weighted by atomic mass is 9.59. The Balaban J connectivity index is 1.47. The lowest BCUT2D eigenvalue weighted by molar-refractivity contribution is -0.123. The van der Waals surface area contributed by atoms with Crippen LogP contribution in [0.4, 0.5) is 10.1 Å². The number of Topliss-reactive ketones (excluding diaryl/α,β-unsaturated/α-hetero) is 1. The van der Waals surface area contributed by atoms with Gasteiger partial charge in [0.2, 0.25) is 11.8 Å². The van der Waals surface area contributed by atoms with E-state index in [1.54, 1.807) is 6.92 Å². The number of rotatable bonds is 3. The molecule has 1 fully saturated rings. The number of carbonyl (C=O) groups is 4. The standard InChI is InChI=1S/C29H23BFNO7/c1-13-9-23(34)26-20(27(13)35)12-19-17(24(26)14-5-8-22(33)21(31)10-14)6-7-18-25(19)29(37)32(28(18)36)16-4-2-3-15(11-16)30(38)39/h2-6,8-11,18-19,24-25,33,38-39H,7,12H2,1H3/t18-,19+,24-,25-/m0/s1. The summed E-state index contributed by atoms with van der Waals surface area (Å²) in [4.78, 5) is 55.0. The number of amides is 2. The number of anilines is 1. The maximum Gasteiger partial charge on any atom is 0.488 e. The monoisotopic (exact) mass is 527 g/mol. The van der Waals surface area contributed by atoms with Crippen LogP contribution in [0.2, 0.25) is 0 Å². The van der Waals surface area contributed by atoms with Gasteiger partial charge in [-0.15, -0.1) is 0 Å². The molecule has 4 atom stereocenters. The van der Waals surface area contributed by atoms with E-state index in [0.717, 1.165) is 11.0 Å². The van der Waals surface area contributed by atoms with E-state index in [1.807, 2.05) is 6.08 Å². The van der Waals surface area contributed by atoms with Crippen LogP contribution in [-0.2, 0) is 19.2 Å². The van der Waals surface area contributed by atoms with E-state index >= 15 is 0 Å². The Hall–Kier alpha value is -4.15. The number of fused-ring (bicyclic) bond motifs is 3. The van der Waals surface area contributed by atoms with Gasteiger partial charge in [-0.3, -0.25) is 24.1 Å². The molecular formula is C29H23BFNO7. The van der Waals surface area contributed by atoms with Gasteiger partial charge in [-0.05, 0) is 67.1 Å². The molecule has 6 rings (SSSR count). The minimum atomic E-state index is -1.78. The van der Waals surface area contributed by atoms with E-state index in [9.17, 15) is 38.7 Å². The van der Waals surface area contributed by atoms with Crippen LogP contribution in [0.15, 0.2) is 76.9 Å². The van der Waals surface area contributed by atoms with Gasteiger partial charge < -0.3 is 15.2 Å². The van der Waals surface area contributed by atoms with Crippen molar-refractivity contribution in [3.8, 4) is 5.75 Å². The van der Waals surface area contributed by atoms with Gasteiger partial charge in [0.15, 0.2) is 23.1 Å². The smallest absolute Gasteiger partial charge is 0.488 e. The summed E-state index contributed by atoms with van der Waals surface area (Å²) in [6, 6.07) is 9.69. The Kier molecular flexibility index (Phi) is 5.78. The zero-order chi connectivity index (χ0) is 27.7. The average Bonchev–Trinajstić information content (AvgIpc) is 3.17. The molecule has 8 nitrogen and oxygen atoms in total. The summed E-state index contributed by atoms with van der Waals surface area (Å²) < 4.78 is 14.5. The highest BCUT2D eigenvalue weighted by molar-refractivity contribution is 6.58. The number of ketones is 2. The molecule has 0 saturated carbocycles. The molecular weight excluding hydrogens is 504 g/mol. The average molecular weight is 527 g/mol. The molecule has 3 aliphatic carbocycles. The molecule has 0 radical (unpaired) electrons. The summed E-state index contributed by atoms with van der Waals surface area (Å²) in [6.45, 7) is 1.54. The van der Waals surface area contributed by atoms with Crippen molar-refractivity contribution in [1.82, 2.24) is 0 Å². The number of aromatic hydroxyl groups is 1. The Labute approximate surface area is 222 Å². The zero-order valence-electron chi connectivity index (χ0n) is 20.8. The van der Waals surface area contributed by atoms with Crippen LogP contribution in [0.5, 0.6) is 5.75 Å². The van der Waals surface area contributed by atoms with Crippen LogP contribution in [0, 0.1) is 23.6 Å². The number of benzene rings is 2. The minimum absolute atomic E-state index is 0.0808. The number of phenolic OH excluding ortho intramolecular Hbond substituents is 1. The first-order valence-electron chi connectivity index (χ1n) is 12.6. The summed E-state index contributed by atoms with van der Waals surface area (Å²) >= 11 is 0. The Bertz CT molecular complexity index is 1590. The molecule has 1 aliphatic heterocycles. The third-order valence-electron chi connectivity index (χ3n) is 8.29. The van der Waals surface area contributed by atoms with Crippen LogP contribution in [0.25, 0.3) is 0 Å². The first-order chi connectivity index (χ1) is 18.6. The zero-order valence-corrected chi connectivity index (χ0v) is 20.8. The Morgan fingerprint density at radius 1 is 1.00 bits per heavy atom. The number of phenols is 1. The minimum Gasteiger partial charge on any atom is -0.505 e. The highest BCUT2D eigenvalue weighted by Gasteiger charge is 2.56. The van der Waals surface area contributed by atoms with E-state index in [1.165, 1.54) is 42.5 Å². The quantitative estimate of drug-likeness (QED) is 0.240. The van der Waals surface area contributed by atoms with E-state index in [0.29, 0.717) is 11.1 Å². The predicted molar refractivity (Wildman–Crippen MR) is 138 cm³/mol. The second kappa shape index (κ2) is 8.96. The number of hydrogen-bond acceptors (Lipinski definition) is 7. The second-order valence-electron chi connectivity index (χ2n) is 10.4. The van der Waals surface area contributed by atoms with Crippen LogP contribution in [0.3, 0.4) is 0 Å². The van der Waals surface area contributed by atoms with E-state index in [2.05, 4.69) is 0 Å². The van der Waals surface area contributed by atoms with Gasteiger partial charge in [0, 0.05) is 22.6 Å². The molecule has 10 heteroatoms. The van der Waals surface area contributed by atoms with E-state index in [-0.39, 0.29) is 52.3 Å². The van der Waals surface area contributed by atoms with Crippen molar-refractivity contribution in [3.63, 3.8) is 0 Å². The van der Waals surface area contributed by atoms with Gasteiger partial charge in [0.1, 0.15) is 0 Å². The van der Waals surface area contributed by atoms with Crippen LogP contribution in [-0.4, -0.2) is 45.7 Å². The maximum atomic E-state index is 14.5. The lowest BCUT2D eigenvalue weighted by Gasteiger charge is -2.42. The normalized spacial score (nSPS) is 26.2. The van der Waals surface area contributed by atoms with Crippen molar-refractivity contribution in [3.05, 3.63) is 88.3 Å². The van der Waals surface area contributed by atoms with Crippen LogP contribution in [0.1, 0.15) is 31.2 Å². The fraction of sp³-hybridized carbons (Fsp3) is 0.241. The van der Waals surface area contributed by atoms with Crippen LogP contribution < -0.4 is 10.4 Å². The summed E-state index contributed by atoms with van der Waals surface area (Å²) in [5.41, 5.74) is 2.11. The van der Waals surface area contributed by atoms with Gasteiger partial charge >= 0.3 is 7.12 Å². The molecule has 2 aromatic rings. The topological polar surface area (TPSA) is 132 Å². The lowest BCUT2D eigenvalue weighted by Crippen LogP contribution is -2.40. The second-order valence-corrected chi connectivity index (χ2v) is 10.4. The fourth-order valence-corrected chi connectivity index (χ4v) is 6.54. The molecule has 0 aromatic heterocycles. The molecule has 4 aliphatic rings. The third kappa shape index (κ3) is 3.74. The number of nitrogens with zero attached hydrogens (tertiary/aromatic N) is 1. The molecule has 196 valence electrons. The van der Waals surface area contributed by atoms with Gasteiger partial charge in [0.25, 0.3) is 0 Å². The van der Waals surface area contributed by atoms with E-state index < -0.39 is 54.2 Å². The van der Waals surface area contributed by atoms with Crippen molar-refractivity contribution in [1.29, 1.82) is 0 Å². The Morgan fingerprint density at radius 3 is 2.49 bits per heavy atom. The molecule has 39 heavy (non-hydrogen) atoms.